The van der Waals surface area contributed by atoms with Crippen molar-refractivity contribution in [2.75, 3.05) is 5.32 Å². The summed E-state index contributed by atoms with van der Waals surface area (Å²) in [5.41, 5.74) is 2.22. The minimum Gasteiger partial charge on any atom is -0.321 e. The molecule has 0 bridgehead atoms. The first kappa shape index (κ1) is 15.7. The van der Waals surface area contributed by atoms with Gasteiger partial charge in [-0.1, -0.05) is 18.2 Å². The van der Waals surface area contributed by atoms with Crippen LogP contribution >= 0.6 is 12.4 Å². The molecule has 0 aliphatic rings. The number of halogens is 1. The maximum absolute atomic E-state index is 12.1. The van der Waals surface area contributed by atoms with Gasteiger partial charge in [0.05, 0.1) is 0 Å². The van der Waals surface area contributed by atoms with E-state index in [0.717, 1.165) is 0 Å². The highest BCUT2D eigenvalue weighted by atomic mass is 35.5. The summed E-state index contributed by atoms with van der Waals surface area (Å²) in [6, 6.07) is 12.6. The van der Waals surface area contributed by atoms with Crippen LogP contribution in [0.4, 0.5) is 5.69 Å². The van der Waals surface area contributed by atoms with Gasteiger partial charge in [-0.05, 0) is 31.2 Å². The molecule has 0 saturated heterocycles. The number of imidazole rings is 1. The van der Waals surface area contributed by atoms with E-state index in [-0.39, 0.29) is 24.1 Å². The Morgan fingerprint density at radius 3 is 2.45 bits per heavy atom. The number of para-hydroxylation sites is 1. The molecule has 2 heterocycles. The molecule has 5 nitrogen and oxygen atoms in total. The van der Waals surface area contributed by atoms with Gasteiger partial charge in [-0.15, -0.1) is 12.4 Å². The van der Waals surface area contributed by atoms with Crippen LogP contribution in [0.5, 0.6) is 0 Å². The zero-order chi connectivity index (χ0) is 14.8. The Hall–Kier alpha value is -2.66. The summed E-state index contributed by atoms with van der Waals surface area (Å²) in [6.45, 7) is 1.50. The number of Topliss-reactive ketones (excluding diaryl/α,β-unsaturated/α-hetero) is 1. The molecule has 2 aromatic heterocycles. The molecule has 112 valence electrons. The van der Waals surface area contributed by atoms with E-state index in [9.17, 15) is 9.59 Å². The second kappa shape index (κ2) is 6.41. The molecule has 0 unspecified atom stereocenters. The molecule has 1 N–H and O–H groups in total. The number of aromatic nitrogens is 2. The highest BCUT2D eigenvalue weighted by Gasteiger charge is 2.11. The third-order valence-corrected chi connectivity index (χ3v) is 3.12. The molecular formula is C16H14ClN3O2. The van der Waals surface area contributed by atoms with E-state index < -0.39 is 0 Å². The van der Waals surface area contributed by atoms with Crippen molar-refractivity contribution in [1.82, 2.24) is 9.38 Å². The summed E-state index contributed by atoms with van der Waals surface area (Å²) < 4.78 is 1.68. The van der Waals surface area contributed by atoms with E-state index in [4.69, 9.17) is 0 Å². The summed E-state index contributed by atoms with van der Waals surface area (Å²) in [5.74, 6) is -0.310. The van der Waals surface area contributed by atoms with Crippen LogP contribution in [0.1, 0.15) is 27.8 Å². The summed E-state index contributed by atoms with van der Waals surface area (Å²) in [5, 5.41) is 2.77. The van der Waals surface area contributed by atoms with Crippen LogP contribution in [0.2, 0.25) is 0 Å². The second-order valence-corrected chi connectivity index (χ2v) is 4.69. The van der Waals surface area contributed by atoms with Gasteiger partial charge in [-0.25, -0.2) is 4.98 Å². The first-order valence-electron chi connectivity index (χ1n) is 6.49. The SMILES string of the molecule is CC(=O)c1ccc2nc(C(=O)Nc3ccccc3)cn2c1.Cl. The number of hydrogen-bond acceptors (Lipinski definition) is 3. The van der Waals surface area contributed by atoms with E-state index >= 15 is 0 Å². The van der Waals surface area contributed by atoms with Crippen molar-refractivity contribution in [3.8, 4) is 0 Å². The Labute approximate surface area is 133 Å². The molecule has 3 aromatic rings. The van der Waals surface area contributed by atoms with Crippen molar-refractivity contribution in [2.45, 2.75) is 6.92 Å². The molecule has 6 heteroatoms. The number of nitrogens with one attached hydrogen (secondary N) is 1. The van der Waals surface area contributed by atoms with Crippen LogP contribution in [-0.4, -0.2) is 21.1 Å². The van der Waals surface area contributed by atoms with Crippen LogP contribution in [0.15, 0.2) is 54.9 Å². The molecule has 0 aliphatic heterocycles. The highest BCUT2D eigenvalue weighted by Crippen LogP contribution is 2.11. The number of hydrogen-bond donors (Lipinski definition) is 1. The minimum atomic E-state index is -0.283. The summed E-state index contributed by atoms with van der Waals surface area (Å²) >= 11 is 0. The Morgan fingerprint density at radius 2 is 1.77 bits per heavy atom. The fourth-order valence-electron chi connectivity index (χ4n) is 2.03. The number of benzene rings is 1. The number of fused-ring (bicyclic) bond motifs is 1. The smallest absolute Gasteiger partial charge is 0.275 e. The Morgan fingerprint density at radius 1 is 1.05 bits per heavy atom. The molecule has 0 fully saturated rings. The van der Waals surface area contributed by atoms with Gasteiger partial charge in [-0.3, -0.25) is 9.59 Å². The number of pyridine rings is 1. The predicted molar refractivity (Wildman–Crippen MR) is 86.8 cm³/mol. The largest absolute Gasteiger partial charge is 0.321 e. The first-order chi connectivity index (χ1) is 10.1. The van der Waals surface area contributed by atoms with Crippen LogP contribution in [0.25, 0.3) is 5.65 Å². The monoisotopic (exact) mass is 315 g/mol. The van der Waals surface area contributed by atoms with E-state index in [0.29, 0.717) is 22.6 Å². The number of ketones is 1. The van der Waals surface area contributed by atoms with E-state index in [1.165, 1.54) is 6.92 Å². The quantitative estimate of drug-likeness (QED) is 0.755. The minimum absolute atomic E-state index is 0. The summed E-state index contributed by atoms with van der Waals surface area (Å²) in [6.07, 6.45) is 3.28. The van der Waals surface area contributed by atoms with E-state index in [1.807, 2.05) is 30.3 Å². The van der Waals surface area contributed by atoms with Crippen LogP contribution in [0, 0.1) is 0 Å². The molecule has 3 rings (SSSR count). The van der Waals surface area contributed by atoms with Gasteiger partial charge in [0.2, 0.25) is 0 Å². The van der Waals surface area contributed by atoms with Crippen molar-refractivity contribution in [1.29, 1.82) is 0 Å². The van der Waals surface area contributed by atoms with Crippen molar-refractivity contribution in [3.05, 3.63) is 66.1 Å². The number of rotatable bonds is 3. The standard InChI is InChI=1S/C16H13N3O2.ClH/c1-11(20)12-7-8-15-18-14(10-19(15)9-12)16(21)17-13-5-3-2-4-6-13;/h2-10H,1H3,(H,17,21);1H. The van der Waals surface area contributed by atoms with Gasteiger partial charge in [0.1, 0.15) is 11.3 Å². The normalized spacial score (nSPS) is 10.0. The van der Waals surface area contributed by atoms with Gasteiger partial charge in [0.25, 0.3) is 5.91 Å². The van der Waals surface area contributed by atoms with E-state index in [1.54, 1.807) is 28.9 Å². The lowest BCUT2D eigenvalue weighted by molar-refractivity contribution is 0.101. The van der Waals surface area contributed by atoms with Crippen LogP contribution in [0.3, 0.4) is 0 Å². The Balaban J connectivity index is 0.00000176. The molecule has 1 amide bonds. The predicted octanol–water partition coefficient (Wildman–Crippen LogP) is 3.21. The number of carbonyl (C=O) groups is 2. The maximum atomic E-state index is 12.1. The lowest BCUT2D eigenvalue weighted by Gasteiger charge is -2.01. The van der Waals surface area contributed by atoms with Crippen molar-refractivity contribution < 1.29 is 9.59 Å². The third-order valence-electron chi connectivity index (χ3n) is 3.12. The van der Waals surface area contributed by atoms with E-state index in [2.05, 4.69) is 10.3 Å². The third kappa shape index (κ3) is 3.15. The summed E-state index contributed by atoms with van der Waals surface area (Å²) in [4.78, 5) is 27.8. The molecule has 0 aliphatic carbocycles. The van der Waals surface area contributed by atoms with Crippen molar-refractivity contribution in [2.24, 2.45) is 0 Å². The topological polar surface area (TPSA) is 63.5 Å². The zero-order valence-electron chi connectivity index (χ0n) is 11.8. The lowest BCUT2D eigenvalue weighted by atomic mass is 10.2. The van der Waals surface area contributed by atoms with Gasteiger partial charge >= 0.3 is 0 Å². The Kier molecular flexibility index (Phi) is 4.58. The first-order valence-corrected chi connectivity index (χ1v) is 6.49. The average Bonchev–Trinajstić information content (AvgIpc) is 2.91. The van der Waals surface area contributed by atoms with Crippen LogP contribution < -0.4 is 5.32 Å². The number of anilines is 1. The fraction of sp³-hybridized carbons (Fsp3) is 0.0625. The van der Waals surface area contributed by atoms with Crippen LogP contribution in [-0.2, 0) is 0 Å². The molecule has 0 radical (unpaired) electrons. The fourth-order valence-corrected chi connectivity index (χ4v) is 2.03. The average molecular weight is 316 g/mol. The highest BCUT2D eigenvalue weighted by molar-refractivity contribution is 6.03. The number of amides is 1. The number of nitrogens with zero attached hydrogens (tertiary/aromatic N) is 2. The van der Waals surface area contributed by atoms with Gasteiger partial charge in [-0.2, -0.15) is 0 Å². The van der Waals surface area contributed by atoms with Gasteiger partial charge in [0.15, 0.2) is 5.78 Å². The second-order valence-electron chi connectivity index (χ2n) is 4.69. The summed E-state index contributed by atoms with van der Waals surface area (Å²) in [7, 11) is 0. The molecular weight excluding hydrogens is 302 g/mol. The zero-order valence-corrected chi connectivity index (χ0v) is 12.6. The molecule has 0 atom stereocenters. The maximum Gasteiger partial charge on any atom is 0.275 e. The van der Waals surface area contributed by atoms with Crippen molar-refractivity contribution in [3.63, 3.8) is 0 Å². The van der Waals surface area contributed by atoms with Gasteiger partial charge in [0, 0.05) is 23.6 Å². The lowest BCUT2D eigenvalue weighted by Crippen LogP contribution is -2.11. The molecule has 0 spiro atoms. The van der Waals surface area contributed by atoms with Crippen molar-refractivity contribution >= 4 is 35.4 Å². The Bertz CT molecular complexity index is 828. The molecule has 1 aromatic carbocycles. The number of carbonyl (C=O) groups excluding carboxylic acids is 2. The molecule has 0 saturated carbocycles. The van der Waals surface area contributed by atoms with Gasteiger partial charge < -0.3 is 9.72 Å². The molecule has 22 heavy (non-hydrogen) atoms.